The van der Waals surface area contributed by atoms with Crippen LogP contribution in [0.25, 0.3) is 0 Å². The molecular weight excluding hydrogens is 371 g/mol. The van der Waals surface area contributed by atoms with Gasteiger partial charge in [-0.2, -0.15) is 0 Å². The molecule has 29 heavy (non-hydrogen) atoms. The van der Waals surface area contributed by atoms with E-state index in [1.807, 2.05) is 13.0 Å². The predicted octanol–water partition coefficient (Wildman–Crippen LogP) is 3.91. The first-order valence-corrected chi connectivity index (χ1v) is 10.1. The highest BCUT2D eigenvalue weighted by atomic mass is 19.1. The molecule has 1 amide bonds. The lowest BCUT2D eigenvalue weighted by atomic mass is 10.1. The molecule has 0 aliphatic carbocycles. The number of piperidine rings is 1. The van der Waals surface area contributed by atoms with Crippen molar-refractivity contribution < 1.29 is 13.9 Å². The summed E-state index contributed by atoms with van der Waals surface area (Å²) in [6.07, 6.45) is 5.58. The maximum Gasteiger partial charge on any atom is 0.232 e. The zero-order valence-corrected chi connectivity index (χ0v) is 17.1. The number of ether oxygens (including phenoxy) is 1. The first-order chi connectivity index (χ1) is 14.1. The molecule has 0 spiro atoms. The number of amides is 1. The molecule has 0 bridgehead atoms. The Kier molecular flexibility index (Phi) is 7.55. The van der Waals surface area contributed by atoms with Crippen molar-refractivity contribution in [3.8, 4) is 0 Å². The molecule has 3 rings (SSSR count). The van der Waals surface area contributed by atoms with Crippen molar-refractivity contribution >= 4 is 17.8 Å². The fraction of sp³-hybridized carbons (Fsp3) is 0.455. The molecule has 0 unspecified atom stereocenters. The number of nitrogens with one attached hydrogen (secondary N) is 1. The molecule has 6 nitrogen and oxygen atoms in total. The Bertz CT molecular complexity index is 792. The standard InChI is InChI=1S/C22H29FN4O2/c1-3-12-29-20-8-10-26(11-9-20)15-18-5-7-21(23)22(13-18)27(16-28)25-19-6-4-17(2)24-14-19/h4-7,13-14,16,20,25H,3,8-12,15H2,1-2H3. The van der Waals surface area contributed by atoms with Crippen molar-refractivity contribution in [1.82, 2.24) is 9.88 Å². The number of aromatic nitrogens is 1. The van der Waals surface area contributed by atoms with Gasteiger partial charge in [-0.1, -0.05) is 13.0 Å². The van der Waals surface area contributed by atoms with Gasteiger partial charge in [0.1, 0.15) is 11.5 Å². The largest absolute Gasteiger partial charge is 0.378 e. The van der Waals surface area contributed by atoms with Crippen LogP contribution >= 0.6 is 0 Å². The number of carbonyl (C=O) groups is 1. The van der Waals surface area contributed by atoms with Crippen molar-refractivity contribution in [3.05, 3.63) is 53.6 Å². The fourth-order valence-corrected chi connectivity index (χ4v) is 3.43. The second-order valence-corrected chi connectivity index (χ2v) is 7.41. The number of aryl methyl sites for hydroxylation is 1. The summed E-state index contributed by atoms with van der Waals surface area (Å²) in [7, 11) is 0. The molecule has 0 radical (unpaired) electrons. The van der Waals surface area contributed by atoms with Crippen LogP contribution in [-0.2, 0) is 16.1 Å². The van der Waals surface area contributed by atoms with Crippen molar-refractivity contribution in [2.75, 3.05) is 30.1 Å². The molecule has 1 aliphatic rings. The number of hydrogen-bond acceptors (Lipinski definition) is 5. The Hall–Kier alpha value is -2.51. The van der Waals surface area contributed by atoms with Crippen LogP contribution < -0.4 is 10.4 Å². The molecule has 1 fully saturated rings. The molecule has 1 N–H and O–H groups in total. The van der Waals surface area contributed by atoms with E-state index in [0.29, 0.717) is 24.7 Å². The van der Waals surface area contributed by atoms with Gasteiger partial charge >= 0.3 is 0 Å². The molecule has 1 aromatic carbocycles. The van der Waals surface area contributed by atoms with Gasteiger partial charge < -0.3 is 4.74 Å². The van der Waals surface area contributed by atoms with Crippen LogP contribution in [0, 0.1) is 12.7 Å². The normalized spacial score (nSPS) is 15.3. The zero-order valence-electron chi connectivity index (χ0n) is 17.1. The van der Waals surface area contributed by atoms with Crippen LogP contribution in [0.5, 0.6) is 0 Å². The van der Waals surface area contributed by atoms with Crippen LogP contribution in [0.2, 0.25) is 0 Å². The van der Waals surface area contributed by atoms with E-state index in [9.17, 15) is 9.18 Å². The minimum absolute atomic E-state index is 0.194. The summed E-state index contributed by atoms with van der Waals surface area (Å²) >= 11 is 0. The number of hydrazine groups is 1. The Labute approximate surface area is 171 Å². The van der Waals surface area contributed by atoms with Crippen molar-refractivity contribution in [1.29, 1.82) is 0 Å². The van der Waals surface area contributed by atoms with E-state index in [1.165, 1.54) is 6.07 Å². The van der Waals surface area contributed by atoms with Crippen LogP contribution in [0.1, 0.15) is 37.4 Å². The summed E-state index contributed by atoms with van der Waals surface area (Å²) in [5, 5.41) is 1.15. The molecule has 7 heteroatoms. The number of anilines is 2. The van der Waals surface area contributed by atoms with Gasteiger partial charge in [-0.25, -0.2) is 9.40 Å². The Morgan fingerprint density at radius 3 is 2.76 bits per heavy atom. The lowest BCUT2D eigenvalue weighted by Gasteiger charge is -2.32. The van der Waals surface area contributed by atoms with Crippen molar-refractivity contribution in [2.24, 2.45) is 0 Å². The second kappa shape index (κ2) is 10.3. The molecule has 1 aliphatic heterocycles. The van der Waals surface area contributed by atoms with Crippen LogP contribution in [0.4, 0.5) is 15.8 Å². The van der Waals surface area contributed by atoms with Gasteiger partial charge in [-0.3, -0.25) is 20.1 Å². The Balaban J connectivity index is 1.64. The van der Waals surface area contributed by atoms with Crippen LogP contribution in [0.3, 0.4) is 0 Å². The average Bonchev–Trinajstić information content (AvgIpc) is 2.74. The van der Waals surface area contributed by atoms with Gasteiger partial charge in [0.25, 0.3) is 0 Å². The number of pyridine rings is 1. The van der Waals surface area contributed by atoms with Gasteiger partial charge in [-0.05, 0) is 56.0 Å². The van der Waals surface area contributed by atoms with Gasteiger partial charge in [0.15, 0.2) is 0 Å². The van der Waals surface area contributed by atoms with E-state index in [1.54, 1.807) is 24.4 Å². The summed E-state index contributed by atoms with van der Waals surface area (Å²) in [6.45, 7) is 7.43. The minimum Gasteiger partial charge on any atom is -0.378 e. The average molecular weight is 400 g/mol. The SMILES string of the molecule is CCCOC1CCN(Cc2ccc(F)c(N(C=O)Nc3ccc(C)nc3)c2)CC1. The molecule has 2 heterocycles. The first-order valence-electron chi connectivity index (χ1n) is 10.1. The summed E-state index contributed by atoms with van der Waals surface area (Å²) in [5.41, 5.74) is 5.54. The third-order valence-corrected chi connectivity index (χ3v) is 5.03. The van der Waals surface area contributed by atoms with Gasteiger partial charge in [0, 0.05) is 31.9 Å². The zero-order chi connectivity index (χ0) is 20.6. The highest BCUT2D eigenvalue weighted by Gasteiger charge is 2.20. The predicted molar refractivity (Wildman–Crippen MR) is 112 cm³/mol. The minimum atomic E-state index is -0.458. The number of benzene rings is 1. The molecular formula is C22H29FN4O2. The van der Waals surface area contributed by atoms with Crippen LogP contribution in [-0.4, -0.2) is 42.1 Å². The van der Waals surface area contributed by atoms with E-state index >= 15 is 0 Å². The van der Waals surface area contributed by atoms with E-state index < -0.39 is 5.82 Å². The summed E-state index contributed by atoms with van der Waals surface area (Å²) < 4.78 is 20.3. The topological polar surface area (TPSA) is 57.7 Å². The monoisotopic (exact) mass is 400 g/mol. The molecule has 1 aromatic heterocycles. The third-order valence-electron chi connectivity index (χ3n) is 5.03. The van der Waals surface area contributed by atoms with E-state index in [4.69, 9.17) is 4.74 Å². The van der Waals surface area contributed by atoms with E-state index in [2.05, 4.69) is 22.2 Å². The first kappa shape index (κ1) is 21.2. The molecule has 156 valence electrons. The smallest absolute Gasteiger partial charge is 0.232 e. The molecule has 2 aromatic rings. The summed E-state index contributed by atoms with van der Waals surface area (Å²) in [5.74, 6) is -0.458. The number of rotatable bonds is 9. The molecule has 0 saturated carbocycles. The molecule has 1 saturated heterocycles. The van der Waals surface area contributed by atoms with E-state index in [0.717, 1.165) is 55.2 Å². The fourth-order valence-electron chi connectivity index (χ4n) is 3.43. The third kappa shape index (κ3) is 5.98. The summed E-state index contributed by atoms with van der Waals surface area (Å²) in [4.78, 5) is 18.1. The highest BCUT2D eigenvalue weighted by Crippen LogP contribution is 2.23. The summed E-state index contributed by atoms with van der Waals surface area (Å²) in [6, 6.07) is 8.53. The Morgan fingerprint density at radius 2 is 2.10 bits per heavy atom. The maximum absolute atomic E-state index is 14.4. The van der Waals surface area contributed by atoms with Gasteiger partial charge in [-0.15, -0.1) is 0 Å². The van der Waals surface area contributed by atoms with Crippen molar-refractivity contribution in [2.45, 2.75) is 45.8 Å². The van der Waals surface area contributed by atoms with Crippen molar-refractivity contribution in [3.63, 3.8) is 0 Å². The number of nitrogens with zero attached hydrogens (tertiary/aromatic N) is 3. The maximum atomic E-state index is 14.4. The number of hydrogen-bond donors (Lipinski definition) is 1. The van der Waals surface area contributed by atoms with Gasteiger partial charge in [0.2, 0.25) is 6.41 Å². The molecule has 0 atom stereocenters. The van der Waals surface area contributed by atoms with Crippen LogP contribution in [0.15, 0.2) is 36.5 Å². The lowest BCUT2D eigenvalue weighted by molar-refractivity contribution is -0.107. The number of carbonyl (C=O) groups excluding carboxylic acids is 1. The number of halogens is 1. The number of likely N-dealkylation sites (tertiary alicyclic amines) is 1. The quantitative estimate of drug-likeness (QED) is 0.511. The van der Waals surface area contributed by atoms with E-state index in [-0.39, 0.29) is 5.69 Å². The Morgan fingerprint density at radius 1 is 1.31 bits per heavy atom. The van der Waals surface area contributed by atoms with Gasteiger partial charge in [0.05, 0.1) is 18.0 Å². The highest BCUT2D eigenvalue weighted by molar-refractivity contribution is 5.79. The lowest BCUT2D eigenvalue weighted by Crippen LogP contribution is -2.36. The second-order valence-electron chi connectivity index (χ2n) is 7.41.